The van der Waals surface area contributed by atoms with Crippen LogP contribution in [-0.4, -0.2) is 60.3 Å². The van der Waals surface area contributed by atoms with Gasteiger partial charge in [-0.2, -0.15) is 4.98 Å². The number of piperazine rings is 1. The lowest BCUT2D eigenvalue weighted by Gasteiger charge is -2.37. The van der Waals surface area contributed by atoms with Crippen molar-refractivity contribution in [1.82, 2.24) is 20.4 Å². The highest BCUT2D eigenvalue weighted by Crippen LogP contribution is 2.22. The fourth-order valence-corrected chi connectivity index (χ4v) is 3.82. The minimum Gasteiger partial charge on any atom is -0.360 e. The molecule has 0 aromatic carbocycles. The summed E-state index contributed by atoms with van der Waals surface area (Å²) in [5.41, 5.74) is 0. The number of nitrogens with zero attached hydrogens (tertiary/aromatic N) is 5. The normalized spacial score (nSPS) is 15.1. The van der Waals surface area contributed by atoms with Crippen molar-refractivity contribution in [3.8, 4) is 0 Å². The van der Waals surface area contributed by atoms with E-state index >= 15 is 0 Å². The Labute approximate surface area is 188 Å². The zero-order chi connectivity index (χ0) is 19.1. The summed E-state index contributed by atoms with van der Waals surface area (Å²) in [7, 11) is 0. The molecule has 156 valence electrons. The third kappa shape index (κ3) is 6.33. The topological polar surface area (TPSA) is 69.8 Å². The second-order valence-electron chi connectivity index (χ2n) is 6.97. The Kier molecular flexibility index (Phi) is 9.49. The predicted molar refractivity (Wildman–Crippen MR) is 126 cm³/mol. The molecule has 1 aliphatic rings. The third-order valence-corrected chi connectivity index (χ3v) is 5.47. The Morgan fingerprint density at radius 1 is 1.32 bits per heavy atom. The number of hydrogen-bond acceptors (Lipinski definition) is 6. The maximum atomic E-state index is 5.30. The molecule has 1 aliphatic heterocycles. The van der Waals surface area contributed by atoms with Crippen LogP contribution in [0, 0.1) is 0 Å². The molecule has 2 aromatic rings. The Morgan fingerprint density at radius 2 is 2.11 bits per heavy atom. The zero-order valence-corrected chi connectivity index (χ0v) is 20.1. The summed E-state index contributed by atoms with van der Waals surface area (Å²) in [6.45, 7) is 11.9. The van der Waals surface area contributed by atoms with Crippen molar-refractivity contribution in [2.75, 3.05) is 44.2 Å². The first-order valence-corrected chi connectivity index (χ1v) is 10.7. The van der Waals surface area contributed by atoms with Gasteiger partial charge in [-0.15, -0.1) is 35.3 Å². The summed E-state index contributed by atoms with van der Waals surface area (Å²) in [5.74, 6) is 2.80. The molecule has 7 nitrogen and oxygen atoms in total. The van der Waals surface area contributed by atoms with Crippen molar-refractivity contribution in [2.24, 2.45) is 4.99 Å². The highest BCUT2D eigenvalue weighted by atomic mass is 127. The number of guanidine groups is 1. The number of aromatic nitrogens is 2. The summed E-state index contributed by atoms with van der Waals surface area (Å²) in [6.07, 6.45) is 1.68. The van der Waals surface area contributed by atoms with Gasteiger partial charge in [0.2, 0.25) is 5.89 Å². The quantitative estimate of drug-likeness (QED) is 0.262. The standard InChI is InChI=1S/C19H30N6OS.HI/c1-4-20-19(21-9-5-7-16-22-18(15(2)3)23-26-16)25-12-10-24(11-13-25)17-8-6-14-27-17;/h6,8,14-15H,4-5,7,9-13H2,1-3H3,(H,20,21);1H. The lowest BCUT2D eigenvalue weighted by Crippen LogP contribution is -2.52. The van der Waals surface area contributed by atoms with Crippen LogP contribution in [0.5, 0.6) is 0 Å². The maximum Gasteiger partial charge on any atom is 0.226 e. The van der Waals surface area contributed by atoms with Crippen LogP contribution in [0.25, 0.3) is 0 Å². The summed E-state index contributed by atoms with van der Waals surface area (Å²) in [5, 5.41) is 10.9. The smallest absolute Gasteiger partial charge is 0.226 e. The fourth-order valence-electron chi connectivity index (χ4n) is 3.03. The number of rotatable bonds is 7. The lowest BCUT2D eigenvalue weighted by molar-refractivity contribution is 0.367. The molecule has 0 unspecified atom stereocenters. The van der Waals surface area contributed by atoms with E-state index in [4.69, 9.17) is 9.52 Å². The Hall–Kier alpha value is -1.36. The van der Waals surface area contributed by atoms with Gasteiger partial charge in [-0.05, 0) is 30.9 Å². The van der Waals surface area contributed by atoms with E-state index in [1.807, 2.05) is 11.3 Å². The molecular weight excluding hydrogens is 487 g/mol. The Morgan fingerprint density at radius 3 is 2.71 bits per heavy atom. The first-order valence-electron chi connectivity index (χ1n) is 9.81. The molecule has 3 rings (SSSR count). The van der Waals surface area contributed by atoms with Gasteiger partial charge in [0.25, 0.3) is 0 Å². The van der Waals surface area contributed by atoms with Crippen LogP contribution in [0.15, 0.2) is 27.0 Å². The van der Waals surface area contributed by atoms with Crippen LogP contribution in [0.1, 0.15) is 44.8 Å². The van der Waals surface area contributed by atoms with Crippen molar-refractivity contribution in [2.45, 2.75) is 39.5 Å². The molecular formula is C19H31IN6OS. The van der Waals surface area contributed by atoms with Gasteiger partial charge < -0.3 is 19.6 Å². The monoisotopic (exact) mass is 518 g/mol. The highest BCUT2D eigenvalue weighted by Gasteiger charge is 2.20. The van der Waals surface area contributed by atoms with Crippen molar-refractivity contribution in [1.29, 1.82) is 0 Å². The molecule has 0 aliphatic carbocycles. The molecule has 1 fully saturated rings. The van der Waals surface area contributed by atoms with E-state index in [-0.39, 0.29) is 24.0 Å². The SMILES string of the molecule is CCNC(=NCCCc1nc(C(C)C)no1)N1CCN(c2cccs2)CC1.I. The largest absolute Gasteiger partial charge is 0.360 e. The average molecular weight is 518 g/mol. The van der Waals surface area contributed by atoms with Gasteiger partial charge in [0.15, 0.2) is 11.8 Å². The number of aliphatic imine (C=N–C) groups is 1. The van der Waals surface area contributed by atoms with Gasteiger partial charge in [0.1, 0.15) is 0 Å². The molecule has 0 saturated carbocycles. The molecule has 3 heterocycles. The van der Waals surface area contributed by atoms with E-state index < -0.39 is 0 Å². The van der Waals surface area contributed by atoms with Crippen LogP contribution in [0.3, 0.4) is 0 Å². The molecule has 1 saturated heterocycles. The molecule has 2 aromatic heterocycles. The number of thiophene rings is 1. The summed E-state index contributed by atoms with van der Waals surface area (Å²) in [6, 6.07) is 4.31. The number of hydrogen-bond donors (Lipinski definition) is 1. The molecule has 0 bridgehead atoms. The van der Waals surface area contributed by atoms with Gasteiger partial charge in [0.05, 0.1) is 5.00 Å². The summed E-state index contributed by atoms with van der Waals surface area (Å²) in [4.78, 5) is 14.0. The van der Waals surface area contributed by atoms with Gasteiger partial charge >= 0.3 is 0 Å². The van der Waals surface area contributed by atoms with Crippen LogP contribution in [0.4, 0.5) is 5.00 Å². The van der Waals surface area contributed by atoms with Gasteiger partial charge in [-0.1, -0.05) is 19.0 Å². The molecule has 1 N–H and O–H groups in total. The van der Waals surface area contributed by atoms with Crippen LogP contribution in [0.2, 0.25) is 0 Å². The van der Waals surface area contributed by atoms with E-state index in [0.29, 0.717) is 11.8 Å². The minimum atomic E-state index is 0. The number of nitrogens with one attached hydrogen (secondary N) is 1. The van der Waals surface area contributed by atoms with E-state index in [1.54, 1.807) is 0 Å². The Balaban J connectivity index is 0.00000280. The first kappa shape index (κ1) is 22.9. The second-order valence-corrected chi connectivity index (χ2v) is 7.89. The predicted octanol–water partition coefficient (Wildman–Crippen LogP) is 3.59. The van der Waals surface area contributed by atoms with E-state index in [2.05, 4.69) is 63.5 Å². The van der Waals surface area contributed by atoms with Crippen LogP contribution >= 0.6 is 35.3 Å². The second kappa shape index (κ2) is 11.6. The van der Waals surface area contributed by atoms with Gasteiger partial charge in [-0.25, -0.2) is 0 Å². The molecule has 0 spiro atoms. The van der Waals surface area contributed by atoms with Crippen molar-refractivity contribution in [3.63, 3.8) is 0 Å². The van der Waals surface area contributed by atoms with E-state index in [1.165, 1.54) is 5.00 Å². The summed E-state index contributed by atoms with van der Waals surface area (Å²) < 4.78 is 5.30. The van der Waals surface area contributed by atoms with Gasteiger partial charge in [-0.3, -0.25) is 4.99 Å². The van der Waals surface area contributed by atoms with Crippen molar-refractivity contribution in [3.05, 3.63) is 29.2 Å². The maximum absolute atomic E-state index is 5.30. The van der Waals surface area contributed by atoms with E-state index in [9.17, 15) is 0 Å². The number of aryl methyl sites for hydroxylation is 1. The molecule has 0 atom stereocenters. The first-order chi connectivity index (χ1) is 13.2. The van der Waals surface area contributed by atoms with E-state index in [0.717, 1.165) is 63.9 Å². The Bertz CT molecular complexity index is 710. The zero-order valence-electron chi connectivity index (χ0n) is 16.9. The number of halogens is 1. The molecule has 28 heavy (non-hydrogen) atoms. The molecule has 9 heteroatoms. The molecule has 0 radical (unpaired) electrons. The molecule has 0 amide bonds. The minimum absolute atomic E-state index is 0. The highest BCUT2D eigenvalue weighted by molar-refractivity contribution is 14.0. The lowest BCUT2D eigenvalue weighted by atomic mass is 10.2. The van der Waals surface area contributed by atoms with Crippen LogP contribution in [-0.2, 0) is 6.42 Å². The average Bonchev–Trinajstić information content (AvgIpc) is 3.36. The van der Waals surface area contributed by atoms with Crippen molar-refractivity contribution >= 4 is 46.3 Å². The summed E-state index contributed by atoms with van der Waals surface area (Å²) >= 11 is 1.81. The van der Waals surface area contributed by atoms with Gasteiger partial charge in [0, 0.05) is 51.6 Å². The fraction of sp³-hybridized carbons (Fsp3) is 0.632. The van der Waals surface area contributed by atoms with Crippen LogP contribution < -0.4 is 10.2 Å². The third-order valence-electron chi connectivity index (χ3n) is 4.54. The van der Waals surface area contributed by atoms with Crippen molar-refractivity contribution < 1.29 is 4.52 Å². The number of anilines is 1.